The van der Waals surface area contributed by atoms with Gasteiger partial charge in [-0.25, -0.2) is 9.07 Å². The second-order valence-electron chi connectivity index (χ2n) is 8.16. The number of hydrogen-bond acceptors (Lipinski definition) is 3. The second kappa shape index (κ2) is 7.62. The molecule has 1 aliphatic rings. The molecule has 0 radical (unpaired) electrons. The van der Waals surface area contributed by atoms with Gasteiger partial charge in [-0.05, 0) is 54.2 Å². The van der Waals surface area contributed by atoms with Crippen LogP contribution in [-0.2, 0) is 11.2 Å². The highest BCUT2D eigenvalue weighted by atomic mass is 19.1. The highest BCUT2D eigenvalue weighted by molar-refractivity contribution is 5.92. The number of aromatic nitrogens is 3. The number of rotatable bonds is 4. The van der Waals surface area contributed by atoms with Crippen molar-refractivity contribution in [3.05, 3.63) is 83.7 Å². The number of fused-ring (bicyclic) bond motifs is 1. The van der Waals surface area contributed by atoms with Crippen LogP contribution >= 0.6 is 0 Å². The molecule has 0 bridgehead atoms. The van der Waals surface area contributed by atoms with E-state index in [9.17, 15) is 9.18 Å². The predicted octanol–water partition coefficient (Wildman–Crippen LogP) is 4.25. The van der Waals surface area contributed by atoms with E-state index >= 15 is 0 Å². The standard InChI is InChI=1S/C23H23FN4O/c1-23(2)12-20(27-22(29)9-8-16-5-4-10-25-14-16)19-15-26-28(21(19)13-23)18-7-3-6-17(24)11-18/h3-11,14-15,20H,12-13H2,1-2H3,(H,27,29)/b9-8+/t20-/m1/s1. The number of benzene rings is 1. The molecule has 4 rings (SSSR count). The van der Waals surface area contributed by atoms with Gasteiger partial charge in [0.25, 0.3) is 0 Å². The van der Waals surface area contributed by atoms with Crippen molar-refractivity contribution in [2.75, 3.05) is 0 Å². The molecule has 3 aromatic rings. The van der Waals surface area contributed by atoms with Gasteiger partial charge in [-0.3, -0.25) is 9.78 Å². The van der Waals surface area contributed by atoms with Crippen LogP contribution in [0.3, 0.4) is 0 Å². The summed E-state index contributed by atoms with van der Waals surface area (Å²) in [5.41, 5.74) is 3.52. The van der Waals surface area contributed by atoms with Gasteiger partial charge in [0.05, 0.1) is 23.6 Å². The van der Waals surface area contributed by atoms with E-state index in [1.807, 2.05) is 18.2 Å². The first-order valence-electron chi connectivity index (χ1n) is 9.63. The molecule has 0 saturated heterocycles. The molecule has 0 unspecified atom stereocenters. The van der Waals surface area contributed by atoms with E-state index < -0.39 is 0 Å². The van der Waals surface area contributed by atoms with E-state index in [1.165, 1.54) is 18.2 Å². The SMILES string of the molecule is CC1(C)Cc2c(cnn2-c2cccc(F)c2)[C@H](NC(=O)/C=C/c2cccnc2)C1. The number of carbonyl (C=O) groups is 1. The number of hydrogen-bond donors (Lipinski definition) is 1. The number of nitrogens with zero attached hydrogens (tertiary/aromatic N) is 3. The van der Waals surface area contributed by atoms with Crippen molar-refractivity contribution in [3.8, 4) is 5.69 Å². The van der Waals surface area contributed by atoms with Gasteiger partial charge in [0.1, 0.15) is 5.82 Å². The molecule has 1 amide bonds. The molecular formula is C23H23FN4O. The van der Waals surface area contributed by atoms with Crippen LogP contribution in [0.1, 0.15) is 43.1 Å². The lowest BCUT2D eigenvalue weighted by Gasteiger charge is -2.35. The van der Waals surface area contributed by atoms with Crippen molar-refractivity contribution in [2.24, 2.45) is 5.41 Å². The van der Waals surface area contributed by atoms with Gasteiger partial charge < -0.3 is 5.32 Å². The summed E-state index contributed by atoms with van der Waals surface area (Å²) in [5, 5.41) is 7.60. The van der Waals surface area contributed by atoms with Crippen molar-refractivity contribution in [3.63, 3.8) is 0 Å². The average molecular weight is 390 g/mol. The van der Waals surface area contributed by atoms with Crippen molar-refractivity contribution < 1.29 is 9.18 Å². The lowest BCUT2D eigenvalue weighted by atomic mass is 9.74. The molecule has 5 nitrogen and oxygen atoms in total. The smallest absolute Gasteiger partial charge is 0.244 e. The van der Waals surface area contributed by atoms with Crippen molar-refractivity contribution in [1.82, 2.24) is 20.1 Å². The maximum absolute atomic E-state index is 13.7. The lowest BCUT2D eigenvalue weighted by Crippen LogP contribution is -2.36. The van der Waals surface area contributed by atoms with Crippen molar-refractivity contribution in [1.29, 1.82) is 0 Å². The molecule has 1 atom stereocenters. The van der Waals surface area contributed by atoms with Crippen LogP contribution in [0.4, 0.5) is 4.39 Å². The van der Waals surface area contributed by atoms with Crippen LogP contribution in [0.25, 0.3) is 11.8 Å². The highest BCUT2D eigenvalue weighted by Crippen LogP contribution is 2.41. The summed E-state index contributed by atoms with van der Waals surface area (Å²) in [6, 6.07) is 9.97. The maximum Gasteiger partial charge on any atom is 0.244 e. The third kappa shape index (κ3) is 4.26. The van der Waals surface area contributed by atoms with Crippen LogP contribution in [0.15, 0.2) is 61.1 Å². The van der Waals surface area contributed by atoms with Gasteiger partial charge in [-0.2, -0.15) is 5.10 Å². The summed E-state index contributed by atoms with van der Waals surface area (Å²) in [4.78, 5) is 16.6. The van der Waals surface area contributed by atoms with Crippen LogP contribution < -0.4 is 5.32 Å². The maximum atomic E-state index is 13.7. The minimum Gasteiger partial charge on any atom is -0.346 e. The van der Waals surface area contributed by atoms with Gasteiger partial charge in [0, 0.05) is 24.0 Å². The average Bonchev–Trinajstić information content (AvgIpc) is 3.10. The van der Waals surface area contributed by atoms with E-state index in [0.29, 0.717) is 5.69 Å². The Morgan fingerprint density at radius 1 is 1.28 bits per heavy atom. The number of nitrogens with one attached hydrogen (secondary N) is 1. The minimum atomic E-state index is -0.299. The third-order valence-electron chi connectivity index (χ3n) is 5.16. The van der Waals surface area contributed by atoms with E-state index in [4.69, 9.17) is 0 Å². The highest BCUT2D eigenvalue weighted by Gasteiger charge is 2.35. The molecule has 1 aliphatic carbocycles. The Morgan fingerprint density at radius 2 is 2.14 bits per heavy atom. The van der Waals surface area contributed by atoms with E-state index in [2.05, 4.69) is 29.2 Å². The molecule has 29 heavy (non-hydrogen) atoms. The molecule has 2 heterocycles. The number of pyridine rings is 1. The predicted molar refractivity (Wildman–Crippen MR) is 110 cm³/mol. The Labute approximate surface area is 169 Å². The summed E-state index contributed by atoms with van der Waals surface area (Å²) < 4.78 is 15.5. The van der Waals surface area contributed by atoms with Crippen LogP contribution in [-0.4, -0.2) is 20.7 Å². The van der Waals surface area contributed by atoms with Gasteiger partial charge in [0.2, 0.25) is 5.91 Å². The van der Waals surface area contributed by atoms with Crippen molar-refractivity contribution in [2.45, 2.75) is 32.7 Å². The Kier molecular flexibility index (Phi) is 5.01. The first kappa shape index (κ1) is 19.1. The summed E-state index contributed by atoms with van der Waals surface area (Å²) >= 11 is 0. The molecule has 148 valence electrons. The summed E-state index contributed by atoms with van der Waals surface area (Å²) in [5.74, 6) is -0.465. The number of carbonyl (C=O) groups excluding carboxylic acids is 1. The largest absolute Gasteiger partial charge is 0.346 e. The quantitative estimate of drug-likeness (QED) is 0.678. The molecule has 1 aromatic carbocycles. The molecule has 0 spiro atoms. The van der Waals surface area contributed by atoms with Gasteiger partial charge in [-0.15, -0.1) is 0 Å². The molecule has 2 aromatic heterocycles. The molecular weight excluding hydrogens is 367 g/mol. The fourth-order valence-corrected chi connectivity index (χ4v) is 3.87. The van der Waals surface area contributed by atoms with Crippen LogP contribution in [0.5, 0.6) is 0 Å². The Hall–Kier alpha value is -3.28. The second-order valence-corrected chi connectivity index (χ2v) is 8.16. The zero-order valence-corrected chi connectivity index (χ0v) is 16.5. The first-order chi connectivity index (χ1) is 13.9. The lowest BCUT2D eigenvalue weighted by molar-refractivity contribution is -0.117. The molecule has 0 saturated carbocycles. The Bertz CT molecular complexity index is 1060. The third-order valence-corrected chi connectivity index (χ3v) is 5.16. The Balaban J connectivity index is 1.60. The molecule has 0 fully saturated rings. The molecule has 1 N–H and O–H groups in total. The zero-order valence-electron chi connectivity index (χ0n) is 16.5. The van der Waals surface area contributed by atoms with E-state index in [0.717, 1.165) is 29.7 Å². The van der Waals surface area contributed by atoms with E-state index in [-0.39, 0.29) is 23.2 Å². The van der Waals surface area contributed by atoms with Gasteiger partial charge >= 0.3 is 0 Å². The fourth-order valence-electron chi connectivity index (χ4n) is 3.87. The van der Waals surface area contributed by atoms with Crippen LogP contribution in [0.2, 0.25) is 0 Å². The topological polar surface area (TPSA) is 59.8 Å². The summed E-state index contributed by atoms with van der Waals surface area (Å²) in [6.07, 6.45) is 10.1. The minimum absolute atomic E-state index is 0.0247. The monoisotopic (exact) mass is 390 g/mol. The zero-order chi connectivity index (χ0) is 20.4. The Morgan fingerprint density at radius 3 is 2.90 bits per heavy atom. The van der Waals surface area contributed by atoms with Crippen LogP contribution in [0, 0.1) is 11.2 Å². The molecule has 0 aliphatic heterocycles. The molecule has 6 heteroatoms. The summed E-state index contributed by atoms with van der Waals surface area (Å²) in [7, 11) is 0. The first-order valence-corrected chi connectivity index (χ1v) is 9.63. The number of halogens is 1. The van der Waals surface area contributed by atoms with E-state index in [1.54, 1.807) is 35.4 Å². The van der Waals surface area contributed by atoms with Gasteiger partial charge in [0.15, 0.2) is 0 Å². The van der Waals surface area contributed by atoms with Crippen molar-refractivity contribution >= 4 is 12.0 Å². The number of amides is 1. The van der Waals surface area contributed by atoms with Gasteiger partial charge in [-0.1, -0.05) is 26.0 Å². The summed E-state index contributed by atoms with van der Waals surface area (Å²) in [6.45, 7) is 4.34. The fraction of sp³-hybridized carbons (Fsp3) is 0.261. The normalized spacial score (nSPS) is 17.8.